The van der Waals surface area contributed by atoms with Crippen molar-refractivity contribution in [2.45, 2.75) is 32.7 Å². The van der Waals surface area contributed by atoms with Gasteiger partial charge in [0.2, 0.25) is 10.0 Å². The summed E-state index contributed by atoms with van der Waals surface area (Å²) in [6.45, 7) is 5.69. The molecule has 3 rings (SSSR count). The fraction of sp³-hybridized carbons (Fsp3) is 0.316. The van der Waals surface area contributed by atoms with Crippen LogP contribution in [0.4, 0.5) is 11.6 Å². The van der Waals surface area contributed by atoms with Crippen LogP contribution in [0.15, 0.2) is 42.7 Å². The normalized spacial score (nSPS) is 12.1. The number of nitrogens with zero attached hydrogens (tertiary/aromatic N) is 3. The van der Waals surface area contributed by atoms with E-state index in [1.165, 1.54) is 11.3 Å². The van der Waals surface area contributed by atoms with Crippen molar-refractivity contribution in [1.82, 2.24) is 19.7 Å². The zero-order valence-electron chi connectivity index (χ0n) is 16.2. The third kappa shape index (κ3) is 5.82. The van der Waals surface area contributed by atoms with Crippen LogP contribution in [0.5, 0.6) is 0 Å². The highest BCUT2D eigenvalue weighted by Gasteiger charge is 2.24. The summed E-state index contributed by atoms with van der Waals surface area (Å²) in [6.07, 6.45) is 5.18. The molecular weight excluding hydrogens is 394 g/mol. The Labute approximate surface area is 169 Å². The van der Waals surface area contributed by atoms with Gasteiger partial charge in [-0.2, -0.15) is 0 Å². The van der Waals surface area contributed by atoms with Gasteiger partial charge in [-0.05, 0) is 50.6 Å². The largest absolute Gasteiger partial charge is 0.325 e. The Morgan fingerprint density at radius 1 is 1.14 bits per heavy atom. The summed E-state index contributed by atoms with van der Waals surface area (Å²) in [4.78, 5) is 14.3. The zero-order valence-corrected chi connectivity index (χ0v) is 17.9. The van der Waals surface area contributed by atoms with Gasteiger partial charge in [0, 0.05) is 24.4 Å². The molecule has 0 saturated carbocycles. The molecule has 3 aromatic rings. The average molecular weight is 418 g/mol. The summed E-state index contributed by atoms with van der Waals surface area (Å²) >= 11 is 1.50. The standard InChI is InChI=1S/C19H23N5O2S2/c1-13-8-9-20-17(10-13)23-16-7-5-6-14(22-16)15-12-21-18(27-15)11-19(2,3)24-28(4,25)26/h5-10,12,24H,11H2,1-4H3,(H,20,22,23). The quantitative estimate of drug-likeness (QED) is 0.610. The Hall–Kier alpha value is -2.36. The molecule has 0 aromatic carbocycles. The van der Waals surface area contributed by atoms with E-state index in [0.29, 0.717) is 12.2 Å². The maximum atomic E-state index is 11.5. The van der Waals surface area contributed by atoms with Gasteiger partial charge in [0.1, 0.15) is 11.6 Å². The summed E-state index contributed by atoms with van der Waals surface area (Å²) in [5, 5.41) is 4.06. The van der Waals surface area contributed by atoms with Crippen LogP contribution in [0.2, 0.25) is 0 Å². The molecule has 0 amide bonds. The van der Waals surface area contributed by atoms with E-state index in [1.807, 2.05) is 51.1 Å². The second-order valence-electron chi connectivity index (χ2n) is 7.30. The lowest BCUT2D eigenvalue weighted by Crippen LogP contribution is -2.44. The molecule has 7 nitrogen and oxygen atoms in total. The fourth-order valence-corrected chi connectivity index (χ4v) is 5.00. The van der Waals surface area contributed by atoms with Gasteiger partial charge in [-0.25, -0.2) is 28.1 Å². The molecule has 0 atom stereocenters. The van der Waals surface area contributed by atoms with Crippen LogP contribution >= 0.6 is 11.3 Å². The summed E-state index contributed by atoms with van der Waals surface area (Å²) in [5.41, 5.74) is 1.30. The number of sulfonamides is 1. The SMILES string of the molecule is Cc1ccnc(Nc2cccc(-c3cnc(CC(C)(C)NS(C)(=O)=O)s3)n2)c1. The molecule has 0 aliphatic heterocycles. The molecule has 0 saturated heterocycles. The number of pyridine rings is 2. The highest BCUT2D eigenvalue weighted by Crippen LogP contribution is 2.28. The highest BCUT2D eigenvalue weighted by atomic mass is 32.2. The van der Waals surface area contributed by atoms with Gasteiger partial charge in [0.05, 0.1) is 21.8 Å². The van der Waals surface area contributed by atoms with E-state index < -0.39 is 15.6 Å². The number of rotatable bonds is 7. The molecule has 0 aliphatic carbocycles. The Morgan fingerprint density at radius 3 is 2.64 bits per heavy atom. The van der Waals surface area contributed by atoms with Crippen molar-refractivity contribution in [2.24, 2.45) is 0 Å². The number of anilines is 2. The lowest BCUT2D eigenvalue weighted by atomic mass is 10.0. The molecule has 3 aromatic heterocycles. The van der Waals surface area contributed by atoms with E-state index in [0.717, 1.165) is 33.2 Å². The predicted octanol–water partition coefficient (Wildman–Crippen LogP) is 3.52. The average Bonchev–Trinajstić information content (AvgIpc) is 3.00. The Balaban J connectivity index is 1.76. The van der Waals surface area contributed by atoms with Crippen LogP contribution in [0.3, 0.4) is 0 Å². The van der Waals surface area contributed by atoms with Crippen molar-refractivity contribution < 1.29 is 8.42 Å². The second kappa shape index (κ2) is 7.94. The minimum atomic E-state index is -3.29. The minimum absolute atomic E-state index is 0.496. The second-order valence-corrected chi connectivity index (χ2v) is 10.2. The van der Waals surface area contributed by atoms with E-state index >= 15 is 0 Å². The molecule has 0 fully saturated rings. The van der Waals surface area contributed by atoms with E-state index in [9.17, 15) is 8.42 Å². The molecule has 148 valence electrons. The van der Waals surface area contributed by atoms with Gasteiger partial charge in [-0.3, -0.25) is 0 Å². The van der Waals surface area contributed by atoms with Crippen LogP contribution < -0.4 is 10.0 Å². The van der Waals surface area contributed by atoms with Gasteiger partial charge in [-0.1, -0.05) is 6.07 Å². The first kappa shape index (κ1) is 20.4. The molecule has 0 radical (unpaired) electrons. The molecule has 0 spiro atoms. The first-order valence-corrected chi connectivity index (χ1v) is 11.4. The van der Waals surface area contributed by atoms with Gasteiger partial charge < -0.3 is 5.32 Å². The lowest BCUT2D eigenvalue weighted by molar-refractivity contribution is 0.452. The summed E-state index contributed by atoms with van der Waals surface area (Å²) in [6, 6.07) is 9.62. The van der Waals surface area contributed by atoms with Crippen LogP contribution in [-0.4, -0.2) is 35.2 Å². The number of nitrogens with one attached hydrogen (secondary N) is 2. The summed E-state index contributed by atoms with van der Waals surface area (Å²) in [5.74, 6) is 1.44. The van der Waals surface area contributed by atoms with E-state index in [2.05, 4.69) is 25.0 Å². The van der Waals surface area contributed by atoms with Crippen molar-refractivity contribution in [1.29, 1.82) is 0 Å². The number of thiazole rings is 1. The lowest BCUT2D eigenvalue weighted by Gasteiger charge is -2.23. The highest BCUT2D eigenvalue weighted by molar-refractivity contribution is 7.88. The Kier molecular flexibility index (Phi) is 5.78. The third-order valence-corrected chi connectivity index (χ3v) is 5.72. The Bertz CT molecular complexity index is 1080. The molecule has 0 unspecified atom stereocenters. The molecule has 0 aliphatic rings. The molecule has 3 heterocycles. The minimum Gasteiger partial charge on any atom is -0.325 e. The number of aromatic nitrogens is 3. The fourth-order valence-electron chi connectivity index (χ4n) is 2.80. The number of hydrogen-bond donors (Lipinski definition) is 2. The van der Waals surface area contributed by atoms with Crippen molar-refractivity contribution >= 4 is 33.0 Å². The third-order valence-electron chi connectivity index (χ3n) is 3.78. The predicted molar refractivity (Wildman–Crippen MR) is 113 cm³/mol. The molecule has 28 heavy (non-hydrogen) atoms. The first-order chi connectivity index (χ1) is 13.1. The van der Waals surface area contributed by atoms with E-state index in [1.54, 1.807) is 12.4 Å². The van der Waals surface area contributed by atoms with Gasteiger partial charge in [0.25, 0.3) is 0 Å². The topological polar surface area (TPSA) is 96.9 Å². The van der Waals surface area contributed by atoms with Crippen molar-refractivity contribution in [2.75, 3.05) is 11.6 Å². The summed E-state index contributed by atoms with van der Waals surface area (Å²) < 4.78 is 25.7. The molecular formula is C19H23N5O2S2. The van der Waals surface area contributed by atoms with E-state index in [4.69, 9.17) is 0 Å². The summed E-state index contributed by atoms with van der Waals surface area (Å²) in [7, 11) is -3.29. The number of hydrogen-bond acceptors (Lipinski definition) is 7. The van der Waals surface area contributed by atoms with E-state index in [-0.39, 0.29) is 0 Å². The van der Waals surface area contributed by atoms with Gasteiger partial charge in [-0.15, -0.1) is 11.3 Å². The maximum Gasteiger partial charge on any atom is 0.209 e. The molecule has 0 bridgehead atoms. The zero-order chi connectivity index (χ0) is 20.4. The molecule has 2 N–H and O–H groups in total. The molecule has 9 heteroatoms. The monoisotopic (exact) mass is 417 g/mol. The van der Waals surface area contributed by atoms with Crippen molar-refractivity contribution in [3.63, 3.8) is 0 Å². The van der Waals surface area contributed by atoms with Crippen LogP contribution in [0.25, 0.3) is 10.6 Å². The van der Waals surface area contributed by atoms with Gasteiger partial charge in [0.15, 0.2) is 0 Å². The van der Waals surface area contributed by atoms with Crippen molar-refractivity contribution in [3.8, 4) is 10.6 Å². The van der Waals surface area contributed by atoms with Crippen LogP contribution in [0, 0.1) is 6.92 Å². The Morgan fingerprint density at radius 2 is 1.93 bits per heavy atom. The van der Waals surface area contributed by atoms with Crippen molar-refractivity contribution in [3.05, 3.63) is 53.3 Å². The number of aryl methyl sites for hydroxylation is 1. The van der Waals surface area contributed by atoms with Crippen LogP contribution in [0.1, 0.15) is 24.4 Å². The maximum absolute atomic E-state index is 11.5. The van der Waals surface area contributed by atoms with Gasteiger partial charge >= 0.3 is 0 Å². The smallest absolute Gasteiger partial charge is 0.209 e. The van der Waals surface area contributed by atoms with Crippen LogP contribution in [-0.2, 0) is 16.4 Å². The first-order valence-electron chi connectivity index (χ1n) is 8.70.